The zero-order chi connectivity index (χ0) is 15.1. The number of rotatable bonds is 1. The maximum Gasteiger partial charge on any atom is 0.416 e. The van der Waals surface area contributed by atoms with Gasteiger partial charge in [-0.25, -0.2) is 9.97 Å². The van der Waals surface area contributed by atoms with Gasteiger partial charge in [-0.05, 0) is 38.5 Å². The molecular formula is C14H12ClF3N2. The maximum absolute atomic E-state index is 12.7. The van der Waals surface area contributed by atoms with Crippen molar-refractivity contribution < 1.29 is 13.2 Å². The van der Waals surface area contributed by atoms with Crippen LogP contribution in [0.5, 0.6) is 0 Å². The van der Waals surface area contributed by atoms with Crippen molar-refractivity contribution in [2.24, 2.45) is 0 Å². The van der Waals surface area contributed by atoms with Crippen LogP contribution in [0.15, 0.2) is 18.2 Å². The minimum Gasteiger partial charge on any atom is -0.233 e. The second-order valence-electron chi connectivity index (χ2n) is 4.56. The molecule has 0 radical (unpaired) electrons. The number of alkyl halides is 3. The van der Waals surface area contributed by atoms with Crippen molar-refractivity contribution in [3.8, 4) is 11.3 Å². The maximum atomic E-state index is 12.7. The number of nitrogens with zero attached hydrogens (tertiary/aromatic N) is 2. The second kappa shape index (κ2) is 5.05. The van der Waals surface area contributed by atoms with Crippen LogP contribution in [0.1, 0.15) is 22.5 Å². The summed E-state index contributed by atoms with van der Waals surface area (Å²) in [5, 5.41) is 0.312. The fourth-order valence-electron chi connectivity index (χ4n) is 1.96. The van der Waals surface area contributed by atoms with E-state index in [1.165, 1.54) is 6.07 Å². The zero-order valence-electron chi connectivity index (χ0n) is 11.1. The average Bonchev–Trinajstić information content (AvgIpc) is 2.33. The lowest BCUT2D eigenvalue weighted by molar-refractivity contribution is -0.137. The van der Waals surface area contributed by atoms with E-state index in [4.69, 9.17) is 11.6 Å². The van der Waals surface area contributed by atoms with E-state index in [1.807, 2.05) is 0 Å². The molecule has 0 bridgehead atoms. The van der Waals surface area contributed by atoms with Crippen LogP contribution in [0.4, 0.5) is 13.2 Å². The highest BCUT2D eigenvalue weighted by Gasteiger charge is 2.30. The molecule has 2 nitrogen and oxygen atoms in total. The molecule has 106 valence electrons. The highest BCUT2D eigenvalue weighted by molar-refractivity contribution is 6.30. The molecule has 0 saturated heterocycles. The molecule has 6 heteroatoms. The highest BCUT2D eigenvalue weighted by atomic mass is 35.5. The lowest BCUT2D eigenvalue weighted by atomic mass is 10.00. The fraction of sp³-hybridized carbons (Fsp3) is 0.286. The Balaban J connectivity index is 2.60. The quantitative estimate of drug-likeness (QED) is 0.711. The van der Waals surface area contributed by atoms with E-state index in [9.17, 15) is 13.2 Å². The van der Waals surface area contributed by atoms with Crippen LogP contribution < -0.4 is 0 Å². The van der Waals surface area contributed by atoms with E-state index in [0.29, 0.717) is 33.4 Å². The summed E-state index contributed by atoms with van der Waals surface area (Å²) >= 11 is 5.99. The summed E-state index contributed by atoms with van der Waals surface area (Å²) in [4.78, 5) is 8.30. The molecule has 0 aliphatic carbocycles. The topological polar surface area (TPSA) is 25.8 Å². The van der Waals surface area contributed by atoms with Crippen LogP contribution in [-0.2, 0) is 6.18 Å². The van der Waals surface area contributed by atoms with Crippen molar-refractivity contribution in [2.75, 3.05) is 0 Å². The van der Waals surface area contributed by atoms with Gasteiger partial charge in [-0.3, -0.25) is 0 Å². The van der Waals surface area contributed by atoms with Gasteiger partial charge in [0, 0.05) is 11.1 Å². The molecule has 20 heavy (non-hydrogen) atoms. The van der Waals surface area contributed by atoms with E-state index < -0.39 is 11.7 Å². The van der Waals surface area contributed by atoms with Gasteiger partial charge in [-0.2, -0.15) is 13.2 Å². The van der Waals surface area contributed by atoms with Crippen LogP contribution >= 0.6 is 11.6 Å². The third-order valence-electron chi connectivity index (χ3n) is 3.01. The molecule has 1 heterocycles. The van der Waals surface area contributed by atoms with E-state index in [-0.39, 0.29) is 0 Å². The molecule has 0 N–H and O–H groups in total. The van der Waals surface area contributed by atoms with Gasteiger partial charge in [0.25, 0.3) is 0 Å². The van der Waals surface area contributed by atoms with Crippen molar-refractivity contribution in [3.05, 3.63) is 45.9 Å². The first kappa shape index (κ1) is 14.8. The lowest BCUT2D eigenvalue weighted by Gasteiger charge is -2.13. The molecule has 1 aromatic heterocycles. The number of aromatic nitrogens is 2. The number of benzene rings is 1. The van der Waals surface area contributed by atoms with Crippen molar-refractivity contribution in [3.63, 3.8) is 0 Å². The Morgan fingerprint density at radius 2 is 1.70 bits per heavy atom. The number of aryl methyl sites for hydroxylation is 2. The molecule has 0 aliphatic heterocycles. The Kier molecular flexibility index (Phi) is 3.73. The molecule has 0 spiro atoms. The normalized spacial score (nSPS) is 11.8. The van der Waals surface area contributed by atoms with Crippen LogP contribution in [-0.4, -0.2) is 9.97 Å². The summed E-state index contributed by atoms with van der Waals surface area (Å²) in [5.74, 6) is 0.481. The Morgan fingerprint density at radius 3 is 2.25 bits per heavy atom. The predicted octanol–water partition coefficient (Wildman–Crippen LogP) is 4.74. The van der Waals surface area contributed by atoms with Gasteiger partial charge in [-0.1, -0.05) is 17.7 Å². The summed E-state index contributed by atoms with van der Waals surface area (Å²) in [6, 6.07) is 3.58. The molecule has 2 aromatic rings. The fourth-order valence-corrected chi connectivity index (χ4v) is 2.17. The molecule has 0 atom stereocenters. The number of hydrogen-bond donors (Lipinski definition) is 0. The van der Waals surface area contributed by atoms with E-state index in [1.54, 1.807) is 20.8 Å². The number of hydrogen-bond acceptors (Lipinski definition) is 2. The van der Waals surface area contributed by atoms with Crippen molar-refractivity contribution in [1.82, 2.24) is 9.97 Å². The number of halogens is 4. The van der Waals surface area contributed by atoms with Gasteiger partial charge in [-0.15, -0.1) is 0 Å². The van der Waals surface area contributed by atoms with Crippen molar-refractivity contribution in [1.29, 1.82) is 0 Å². The third kappa shape index (κ3) is 2.77. The first-order valence-electron chi connectivity index (χ1n) is 5.89. The Bertz CT molecular complexity index is 666. The van der Waals surface area contributed by atoms with E-state index in [2.05, 4.69) is 9.97 Å². The van der Waals surface area contributed by atoms with Crippen LogP contribution in [0.2, 0.25) is 5.15 Å². The standard InChI is InChI=1S/C14H12ClF3N2/c1-7-6-10(14(16,17)18)4-5-11(7)12-8(2)13(15)20-9(3)19-12/h4-6H,1-3H3. The van der Waals surface area contributed by atoms with Crippen LogP contribution in [0.25, 0.3) is 11.3 Å². The molecule has 0 aliphatic rings. The van der Waals surface area contributed by atoms with Gasteiger partial charge in [0.2, 0.25) is 0 Å². The largest absolute Gasteiger partial charge is 0.416 e. The summed E-state index contributed by atoms with van der Waals surface area (Å²) in [6.45, 7) is 5.05. The zero-order valence-corrected chi connectivity index (χ0v) is 11.9. The SMILES string of the molecule is Cc1nc(Cl)c(C)c(-c2ccc(C(F)(F)F)cc2C)n1. The molecular weight excluding hydrogens is 289 g/mol. The minimum atomic E-state index is -4.35. The Hall–Kier alpha value is -1.62. The highest BCUT2D eigenvalue weighted by Crippen LogP contribution is 2.34. The Morgan fingerprint density at radius 1 is 1.05 bits per heavy atom. The molecule has 2 rings (SSSR count). The third-order valence-corrected chi connectivity index (χ3v) is 3.38. The molecule has 0 unspecified atom stereocenters. The summed E-state index contributed by atoms with van der Waals surface area (Å²) in [7, 11) is 0. The lowest BCUT2D eigenvalue weighted by Crippen LogP contribution is -2.06. The van der Waals surface area contributed by atoms with Gasteiger partial charge in [0.15, 0.2) is 0 Å². The van der Waals surface area contributed by atoms with Gasteiger partial charge in [0.05, 0.1) is 11.3 Å². The van der Waals surface area contributed by atoms with Gasteiger partial charge in [0.1, 0.15) is 11.0 Å². The predicted molar refractivity (Wildman–Crippen MR) is 71.7 cm³/mol. The van der Waals surface area contributed by atoms with Gasteiger partial charge < -0.3 is 0 Å². The first-order valence-corrected chi connectivity index (χ1v) is 6.27. The molecule has 0 amide bonds. The van der Waals surface area contributed by atoms with Crippen LogP contribution in [0.3, 0.4) is 0 Å². The smallest absolute Gasteiger partial charge is 0.233 e. The van der Waals surface area contributed by atoms with Crippen molar-refractivity contribution >= 4 is 11.6 Å². The molecule has 0 saturated carbocycles. The molecule has 1 aromatic carbocycles. The summed E-state index contributed by atoms with van der Waals surface area (Å²) in [5.41, 5.74) is 1.67. The van der Waals surface area contributed by atoms with Crippen LogP contribution in [0, 0.1) is 20.8 Å². The monoisotopic (exact) mass is 300 g/mol. The Labute approximate surface area is 119 Å². The minimum absolute atomic E-state index is 0.312. The van der Waals surface area contributed by atoms with Gasteiger partial charge >= 0.3 is 6.18 Å². The summed E-state index contributed by atoms with van der Waals surface area (Å²) in [6.07, 6.45) is -4.35. The second-order valence-corrected chi connectivity index (χ2v) is 4.92. The summed E-state index contributed by atoms with van der Waals surface area (Å²) < 4.78 is 38.0. The molecule has 0 fully saturated rings. The van der Waals surface area contributed by atoms with Crippen molar-refractivity contribution in [2.45, 2.75) is 26.9 Å². The van der Waals surface area contributed by atoms with E-state index in [0.717, 1.165) is 12.1 Å². The van der Waals surface area contributed by atoms with E-state index >= 15 is 0 Å². The first-order chi connectivity index (χ1) is 9.20. The average molecular weight is 301 g/mol.